The molecule has 0 bridgehead atoms. The molecule has 0 radical (unpaired) electrons. The van der Waals surface area contributed by atoms with Crippen molar-refractivity contribution in [2.75, 3.05) is 33.4 Å². The average molecular weight is 461 g/mol. The number of benzene rings is 2. The van der Waals surface area contributed by atoms with E-state index in [1.807, 2.05) is 32.0 Å². The van der Waals surface area contributed by atoms with Gasteiger partial charge in [-0.3, -0.25) is 4.79 Å². The quantitative estimate of drug-likeness (QED) is 0.551. The molecule has 2 aromatic carbocycles. The highest BCUT2D eigenvalue weighted by molar-refractivity contribution is 7.89. The highest BCUT2D eigenvalue weighted by Crippen LogP contribution is 2.27. The van der Waals surface area contributed by atoms with E-state index in [0.29, 0.717) is 44.0 Å². The topological polar surface area (TPSA) is 84.9 Å². The van der Waals surface area contributed by atoms with E-state index in [1.165, 1.54) is 11.4 Å². The van der Waals surface area contributed by atoms with E-state index in [1.54, 1.807) is 18.2 Å². The van der Waals surface area contributed by atoms with Crippen LogP contribution >= 0.6 is 0 Å². The summed E-state index contributed by atoms with van der Waals surface area (Å²) in [6.07, 6.45) is 2.38. The third-order valence-electron chi connectivity index (χ3n) is 5.60. The van der Waals surface area contributed by atoms with Crippen molar-refractivity contribution in [2.24, 2.45) is 0 Å². The van der Waals surface area contributed by atoms with Crippen LogP contribution in [0.15, 0.2) is 41.3 Å². The molecule has 0 saturated carbocycles. The number of carbonyl (C=O) groups is 1. The zero-order valence-electron chi connectivity index (χ0n) is 19.0. The van der Waals surface area contributed by atoms with Gasteiger partial charge in [-0.25, -0.2) is 8.42 Å². The Hall–Kier alpha value is -2.58. The van der Waals surface area contributed by atoms with E-state index in [-0.39, 0.29) is 17.2 Å². The van der Waals surface area contributed by atoms with Gasteiger partial charge in [-0.05, 0) is 74.1 Å². The van der Waals surface area contributed by atoms with Gasteiger partial charge in [0.25, 0.3) is 0 Å². The molecule has 1 N–H and O–H groups in total. The van der Waals surface area contributed by atoms with E-state index in [4.69, 9.17) is 9.47 Å². The van der Waals surface area contributed by atoms with Crippen molar-refractivity contribution in [1.29, 1.82) is 0 Å². The number of sulfonamides is 1. The van der Waals surface area contributed by atoms with Crippen LogP contribution in [-0.4, -0.2) is 52.0 Å². The normalized spacial score (nSPS) is 14.3. The molecule has 1 heterocycles. The SMILES string of the molecule is COc1ccc(S(=O)(=O)N2CCCC2)cc1CCC(=O)NCCOc1cc(C)ccc1C. The van der Waals surface area contributed by atoms with E-state index < -0.39 is 10.0 Å². The molecule has 3 rings (SSSR count). The summed E-state index contributed by atoms with van der Waals surface area (Å²) < 4.78 is 38.4. The molecule has 0 atom stereocenters. The number of nitrogens with zero attached hydrogens (tertiary/aromatic N) is 1. The first-order chi connectivity index (χ1) is 15.3. The lowest BCUT2D eigenvalue weighted by atomic mass is 10.1. The van der Waals surface area contributed by atoms with Crippen LogP contribution in [0.25, 0.3) is 0 Å². The molecule has 1 aliphatic rings. The molecule has 0 unspecified atom stereocenters. The van der Waals surface area contributed by atoms with Crippen LogP contribution in [-0.2, 0) is 21.2 Å². The van der Waals surface area contributed by atoms with Crippen molar-refractivity contribution < 1.29 is 22.7 Å². The first-order valence-corrected chi connectivity index (χ1v) is 12.4. The molecule has 1 amide bonds. The first-order valence-electron chi connectivity index (χ1n) is 10.9. The largest absolute Gasteiger partial charge is 0.496 e. The maximum absolute atomic E-state index is 12.9. The van der Waals surface area contributed by atoms with Gasteiger partial charge >= 0.3 is 0 Å². The third-order valence-corrected chi connectivity index (χ3v) is 7.50. The van der Waals surface area contributed by atoms with Gasteiger partial charge in [0.15, 0.2) is 0 Å². The minimum Gasteiger partial charge on any atom is -0.496 e. The highest BCUT2D eigenvalue weighted by atomic mass is 32.2. The summed E-state index contributed by atoms with van der Waals surface area (Å²) in [5.41, 5.74) is 2.88. The lowest BCUT2D eigenvalue weighted by molar-refractivity contribution is -0.121. The van der Waals surface area contributed by atoms with Crippen LogP contribution in [0.3, 0.4) is 0 Å². The van der Waals surface area contributed by atoms with E-state index in [9.17, 15) is 13.2 Å². The lowest BCUT2D eigenvalue weighted by Crippen LogP contribution is -2.28. The molecule has 0 spiro atoms. The Bertz CT molecular complexity index is 1050. The van der Waals surface area contributed by atoms with Gasteiger partial charge in [0.05, 0.1) is 18.6 Å². The van der Waals surface area contributed by atoms with Crippen molar-refractivity contribution in [2.45, 2.75) is 44.4 Å². The first kappa shape index (κ1) is 24.1. The van der Waals surface area contributed by atoms with Crippen LogP contribution in [0.5, 0.6) is 11.5 Å². The summed E-state index contributed by atoms with van der Waals surface area (Å²) in [6.45, 7) is 5.87. The van der Waals surface area contributed by atoms with Gasteiger partial charge in [0, 0.05) is 19.5 Å². The van der Waals surface area contributed by atoms with Gasteiger partial charge in [-0.1, -0.05) is 12.1 Å². The lowest BCUT2D eigenvalue weighted by Gasteiger charge is -2.17. The highest BCUT2D eigenvalue weighted by Gasteiger charge is 2.27. The fourth-order valence-corrected chi connectivity index (χ4v) is 5.31. The van der Waals surface area contributed by atoms with Crippen molar-refractivity contribution in [3.8, 4) is 11.5 Å². The predicted octanol–water partition coefficient (Wildman–Crippen LogP) is 3.22. The standard InChI is InChI=1S/C24H32N2O5S/c1-18-6-7-19(2)23(16-18)31-15-12-25-24(27)11-8-20-17-21(9-10-22(20)30-3)32(28,29)26-13-4-5-14-26/h6-7,9-10,16-17H,4-5,8,11-15H2,1-3H3,(H,25,27). The summed E-state index contributed by atoms with van der Waals surface area (Å²) in [6, 6.07) is 10.9. The minimum absolute atomic E-state index is 0.121. The molecule has 1 saturated heterocycles. The zero-order valence-corrected chi connectivity index (χ0v) is 19.8. The van der Waals surface area contributed by atoms with Gasteiger partial charge in [-0.2, -0.15) is 4.31 Å². The fourth-order valence-electron chi connectivity index (χ4n) is 3.74. The smallest absolute Gasteiger partial charge is 0.243 e. The summed E-state index contributed by atoms with van der Waals surface area (Å²) in [5.74, 6) is 1.28. The number of aryl methyl sites for hydroxylation is 3. The Balaban J connectivity index is 1.53. The third kappa shape index (κ3) is 6.01. The molecule has 1 aliphatic heterocycles. The maximum Gasteiger partial charge on any atom is 0.243 e. The number of amides is 1. The molecule has 7 nitrogen and oxygen atoms in total. The Morgan fingerprint density at radius 3 is 2.53 bits per heavy atom. The van der Waals surface area contributed by atoms with Crippen LogP contribution in [0.1, 0.15) is 36.0 Å². The van der Waals surface area contributed by atoms with E-state index in [2.05, 4.69) is 5.32 Å². The monoisotopic (exact) mass is 460 g/mol. The van der Waals surface area contributed by atoms with Crippen molar-refractivity contribution in [3.05, 3.63) is 53.1 Å². The van der Waals surface area contributed by atoms with Gasteiger partial charge in [-0.15, -0.1) is 0 Å². The number of methoxy groups -OCH3 is 1. The van der Waals surface area contributed by atoms with Gasteiger partial charge < -0.3 is 14.8 Å². The Morgan fingerprint density at radius 2 is 1.81 bits per heavy atom. The number of rotatable bonds is 10. The molecule has 0 aromatic heterocycles. The molecule has 2 aromatic rings. The van der Waals surface area contributed by atoms with E-state index >= 15 is 0 Å². The van der Waals surface area contributed by atoms with Crippen LogP contribution in [0.4, 0.5) is 0 Å². The van der Waals surface area contributed by atoms with Gasteiger partial charge in [0.2, 0.25) is 15.9 Å². The Labute approximate surface area is 190 Å². The number of hydrogen-bond donors (Lipinski definition) is 1. The summed E-state index contributed by atoms with van der Waals surface area (Å²) in [4.78, 5) is 12.6. The van der Waals surface area contributed by atoms with E-state index in [0.717, 1.165) is 29.7 Å². The second-order valence-corrected chi connectivity index (χ2v) is 9.99. The molecule has 32 heavy (non-hydrogen) atoms. The molecule has 0 aliphatic carbocycles. The van der Waals surface area contributed by atoms with Crippen LogP contribution in [0, 0.1) is 13.8 Å². The summed E-state index contributed by atoms with van der Waals surface area (Å²) in [7, 11) is -1.97. The molecule has 8 heteroatoms. The number of ether oxygens (including phenoxy) is 2. The van der Waals surface area contributed by atoms with Crippen molar-refractivity contribution >= 4 is 15.9 Å². The van der Waals surface area contributed by atoms with Crippen molar-refractivity contribution in [1.82, 2.24) is 9.62 Å². The fraction of sp³-hybridized carbons (Fsp3) is 0.458. The molecular weight excluding hydrogens is 428 g/mol. The number of nitrogens with one attached hydrogen (secondary N) is 1. The molecule has 174 valence electrons. The number of hydrogen-bond acceptors (Lipinski definition) is 5. The summed E-state index contributed by atoms with van der Waals surface area (Å²) >= 11 is 0. The Kier molecular flexibility index (Phi) is 8.15. The van der Waals surface area contributed by atoms with Crippen LogP contribution in [0.2, 0.25) is 0 Å². The number of carbonyl (C=O) groups excluding carboxylic acids is 1. The van der Waals surface area contributed by atoms with Crippen LogP contribution < -0.4 is 14.8 Å². The minimum atomic E-state index is -3.51. The van der Waals surface area contributed by atoms with Crippen molar-refractivity contribution in [3.63, 3.8) is 0 Å². The van der Waals surface area contributed by atoms with Gasteiger partial charge in [0.1, 0.15) is 18.1 Å². The second-order valence-electron chi connectivity index (χ2n) is 8.05. The molecule has 1 fully saturated rings. The predicted molar refractivity (Wildman–Crippen MR) is 124 cm³/mol. The Morgan fingerprint density at radius 1 is 1.06 bits per heavy atom. The molecular formula is C24H32N2O5S. The maximum atomic E-state index is 12.9. The average Bonchev–Trinajstić information content (AvgIpc) is 3.33. The zero-order chi connectivity index (χ0) is 23.1. The second kappa shape index (κ2) is 10.8. The summed E-state index contributed by atoms with van der Waals surface area (Å²) in [5, 5.41) is 2.85.